The zero-order valence-corrected chi connectivity index (χ0v) is 10.0. The van der Waals surface area contributed by atoms with Gasteiger partial charge in [0, 0.05) is 12.8 Å². The van der Waals surface area contributed by atoms with E-state index in [-0.39, 0.29) is 24.1 Å². The van der Waals surface area contributed by atoms with Crippen molar-refractivity contribution in [1.82, 2.24) is 0 Å². The number of ether oxygens (including phenoxy) is 2. The molecule has 0 aromatic carbocycles. The lowest BCUT2D eigenvalue weighted by atomic mass is 9.95. The van der Waals surface area contributed by atoms with Crippen LogP contribution in [0.15, 0.2) is 0 Å². The van der Waals surface area contributed by atoms with Gasteiger partial charge in [0.2, 0.25) is 0 Å². The van der Waals surface area contributed by atoms with Crippen molar-refractivity contribution in [2.24, 2.45) is 0 Å². The van der Waals surface area contributed by atoms with E-state index in [1.807, 2.05) is 0 Å². The Hall–Kier alpha value is -1.06. The van der Waals surface area contributed by atoms with Gasteiger partial charge in [-0.2, -0.15) is 0 Å². The minimum absolute atomic E-state index is 0.0176. The molecule has 0 aliphatic heterocycles. The Morgan fingerprint density at radius 2 is 1.19 bits per heavy atom. The molecule has 0 aromatic heterocycles. The topological polar surface area (TPSA) is 52.6 Å². The van der Waals surface area contributed by atoms with E-state index in [0.29, 0.717) is 12.8 Å². The van der Waals surface area contributed by atoms with Crippen molar-refractivity contribution in [2.45, 2.75) is 64.6 Å². The lowest BCUT2D eigenvalue weighted by Crippen LogP contribution is -2.29. The smallest absolute Gasteiger partial charge is 0.305 e. The summed E-state index contributed by atoms with van der Waals surface area (Å²) in [6.45, 7) is 3.58. The zero-order valence-electron chi connectivity index (χ0n) is 10.0. The molecule has 16 heavy (non-hydrogen) atoms. The molecule has 4 heteroatoms. The first-order valence-electron chi connectivity index (χ1n) is 6.04. The maximum absolute atomic E-state index is 11.1. The Labute approximate surface area is 96.3 Å². The molecule has 0 saturated heterocycles. The first kappa shape index (κ1) is 13.0. The van der Waals surface area contributed by atoms with Crippen LogP contribution in [0.3, 0.4) is 0 Å². The van der Waals surface area contributed by atoms with E-state index in [2.05, 4.69) is 0 Å². The summed E-state index contributed by atoms with van der Waals surface area (Å²) in [6.07, 6.45) is 4.07. The van der Waals surface area contributed by atoms with Crippen molar-refractivity contribution in [2.75, 3.05) is 0 Å². The molecule has 0 atom stereocenters. The maximum Gasteiger partial charge on any atom is 0.305 e. The van der Waals surface area contributed by atoms with Gasteiger partial charge in [-0.25, -0.2) is 0 Å². The molecule has 1 saturated carbocycles. The second-order valence-electron chi connectivity index (χ2n) is 4.09. The zero-order chi connectivity index (χ0) is 12.0. The molecule has 1 fully saturated rings. The Morgan fingerprint density at radius 3 is 1.44 bits per heavy atom. The highest BCUT2D eigenvalue weighted by atomic mass is 16.6. The molecule has 0 bridgehead atoms. The van der Waals surface area contributed by atoms with E-state index in [4.69, 9.17) is 9.47 Å². The van der Waals surface area contributed by atoms with Crippen molar-refractivity contribution >= 4 is 11.9 Å². The van der Waals surface area contributed by atoms with Crippen LogP contribution in [0.2, 0.25) is 0 Å². The lowest BCUT2D eigenvalue weighted by Gasteiger charge is -2.27. The Balaban J connectivity index is 2.23. The van der Waals surface area contributed by atoms with Gasteiger partial charge in [0.15, 0.2) is 0 Å². The van der Waals surface area contributed by atoms with Gasteiger partial charge < -0.3 is 9.47 Å². The third kappa shape index (κ3) is 4.21. The van der Waals surface area contributed by atoms with Crippen molar-refractivity contribution in [3.8, 4) is 0 Å². The fraction of sp³-hybridized carbons (Fsp3) is 0.833. The summed E-state index contributed by atoms with van der Waals surface area (Å²) >= 11 is 0. The van der Waals surface area contributed by atoms with Crippen LogP contribution in [0.1, 0.15) is 52.4 Å². The average molecular weight is 228 g/mol. The maximum atomic E-state index is 11.1. The normalized spacial score (nSPS) is 24.9. The summed E-state index contributed by atoms with van der Waals surface area (Å²) in [6, 6.07) is 0. The Kier molecular flexibility index (Phi) is 5.29. The Morgan fingerprint density at radius 1 is 0.875 bits per heavy atom. The molecule has 1 aliphatic carbocycles. The van der Waals surface area contributed by atoms with Gasteiger partial charge in [-0.15, -0.1) is 0 Å². The fourth-order valence-corrected chi connectivity index (χ4v) is 1.81. The number of hydrogen-bond donors (Lipinski definition) is 0. The molecule has 0 spiro atoms. The highest BCUT2D eigenvalue weighted by molar-refractivity contribution is 5.69. The van der Waals surface area contributed by atoms with Crippen molar-refractivity contribution < 1.29 is 19.1 Å². The van der Waals surface area contributed by atoms with Crippen LogP contribution in [-0.2, 0) is 19.1 Å². The van der Waals surface area contributed by atoms with Gasteiger partial charge in [0.25, 0.3) is 0 Å². The van der Waals surface area contributed by atoms with Crippen LogP contribution >= 0.6 is 0 Å². The first-order chi connectivity index (χ1) is 7.65. The summed E-state index contributed by atoms with van der Waals surface area (Å²) in [7, 11) is 0. The quantitative estimate of drug-likeness (QED) is 0.692. The number of hydrogen-bond acceptors (Lipinski definition) is 4. The molecular weight excluding hydrogens is 208 g/mol. The highest BCUT2D eigenvalue weighted by Gasteiger charge is 2.25. The molecule has 0 aromatic rings. The van der Waals surface area contributed by atoms with E-state index < -0.39 is 0 Å². The van der Waals surface area contributed by atoms with Crippen molar-refractivity contribution in [3.05, 3.63) is 0 Å². The molecule has 92 valence electrons. The molecule has 0 amide bonds. The van der Waals surface area contributed by atoms with Gasteiger partial charge in [-0.1, -0.05) is 13.8 Å². The standard InChI is InChI=1S/C12H20O4/c1-3-11(13)15-9-5-7-10(8-6-9)16-12(14)4-2/h9-10H,3-8H2,1-2H3. The molecule has 4 nitrogen and oxygen atoms in total. The van der Waals surface area contributed by atoms with Gasteiger partial charge in [0.1, 0.15) is 12.2 Å². The third-order valence-corrected chi connectivity index (χ3v) is 2.79. The monoisotopic (exact) mass is 228 g/mol. The van der Waals surface area contributed by atoms with Gasteiger partial charge >= 0.3 is 11.9 Å². The first-order valence-corrected chi connectivity index (χ1v) is 6.04. The average Bonchev–Trinajstić information content (AvgIpc) is 2.31. The van der Waals surface area contributed by atoms with Crippen molar-refractivity contribution in [1.29, 1.82) is 0 Å². The molecule has 0 radical (unpaired) electrons. The minimum Gasteiger partial charge on any atom is -0.462 e. The van der Waals surface area contributed by atoms with Crippen LogP contribution in [0.25, 0.3) is 0 Å². The third-order valence-electron chi connectivity index (χ3n) is 2.79. The van der Waals surface area contributed by atoms with E-state index in [9.17, 15) is 9.59 Å². The molecule has 0 N–H and O–H groups in total. The van der Waals surface area contributed by atoms with Crippen LogP contribution in [0, 0.1) is 0 Å². The van der Waals surface area contributed by atoms with Crippen molar-refractivity contribution in [3.63, 3.8) is 0 Å². The highest BCUT2D eigenvalue weighted by Crippen LogP contribution is 2.24. The summed E-state index contributed by atoms with van der Waals surface area (Å²) < 4.78 is 10.5. The number of carbonyl (C=O) groups is 2. The van der Waals surface area contributed by atoms with E-state index >= 15 is 0 Å². The molecule has 1 rings (SSSR count). The van der Waals surface area contributed by atoms with E-state index in [0.717, 1.165) is 25.7 Å². The SMILES string of the molecule is CCC(=O)OC1CCC(OC(=O)CC)CC1. The predicted octanol–water partition coefficient (Wildman–Crippen LogP) is 2.20. The molecule has 1 aliphatic rings. The summed E-state index contributed by atoms with van der Waals surface area (Å²) in [5, 5.41) is 0. The summed E-state index contributed by atoms with van der Waals surface area (Å²) in [5.41, 5.74) is 0. The van der Waals surface area contributed by atoms with E-state index in [1.165, 1.54) is 0 Å². The molecule has 0 unspecified atom stereocenters. The summed E-state index contributed by atoms with van der Waals surface area (Å²) in [4.78, 5) is 22.2. The number of esters is 2. The minimum atomic E-state index is -0.144. The van der Waals surface area contributed by atoms with E-state index in [1.54, 1.807) is 13.8 Å². The van der Waals surface area contributed by atoms with Crippen LogP contribution in [0.5, 0.6) is 0 Å². The largest absolute Gasteiger partial charge is 0.462 e. The predicted molar refractivity (Wildman–Crippen MR) is 58.8 cm³/mol. The second-order valence-corrected chi connectivity index (χ2v) is 4.09. The number of rotatable bonds is 4. The Bertz CT molecular complexity index is 215. The number of carbonyl (C=O) groups excluding carboxylic acids is 2. The summed E-state index contributed by atoms with van der Waals surface area (Å²) in [5.74, 6) is -0.289. The lowest BCUT2D eigenvalue weighted by molar-refractivity contribution is -0.157. The van der Waals surface area contributed by atoms with Gasteiger partial charge in [0.05, 0.1) is 0 Å². The second kappa shape index (κ2) is 6.51. The fourth-order valence-electron chi connectivity index (χ4n) is 1.81. The van der Waals surface area contributed by atoms with Crippen LogP contribution < -0.4 is 0 Å². The molecular formula is C12H20O4. The van der Waals surface area contributed by atoms with Crippen LogP contribution in [0.4, 0.5) is 0 Å². The van der Waals surface area contributed by atoms with Gasteiger partial charge in [-0.3, -0.25) is 9.59 Å². The molecule has 0 heterocycles. The van der Waals surface area contributed by atoms with Crippen LogP contribution in [-0.4, -0.2) is 24.1 Å². The van der Waals surface area contributed by atoms with Gasteiger partial charge in [-0.05, 0) is 25.7 Å².